The number of carbonyl (C=O) groups excluding carboxylic acids is 3. The van der Waals surface area contributed by atoms with Gasteiger partial charge in [-0.1, -0.05) is 91.0 Å². The standard InChI is InChI=1S/C30H27FN4O7/c31-23-17-35(29(39)34-26(23)36)25(28(38)41-18-21-12-6-2-7-13-21)33-27(37)24(16-20-10-4-1-5-11-20)32-30(40)42-19-22-14-8-3-9-15-22/h1-15,17,24-25H,16,18-19H2,(H,32,40)(H,33,37)(H,34,36,39)/t24-,25?/m0/s1. The monoisotopic (exact) mass is 574 g/mol. The van der Waals surface area contributed by atoms with Gasteiger partial charge in [-0.15, -0.1) is 0 Å². The Bertz CT molecular complexity index is 1630. The highest BCUT2D eigenvalue weighted by molar-refractivity contribution is 5.89. The maximum absolute atomic E-state index is 14.2. The van der Waals surface area contributed by atoms with Crippen LogP contribution in [0.25, 0.3) is 0 Å². The first-order valence-electron chi connectivity index (χ1n) is 12.8. The highest BCUT2D eigenvalue weighted by atomic mass is 19.1. The molecule has 4 rings (SSSR count). The number of aromatic nitrogens is 2. The van der Waals surface area contributed by atoms with E-state index in [4.69, 9.17) is 9.47 Å². The number of nitrogens with zero attached hydrogens (tertiary/aromatic N) is 1. The van der Waals surface area contributed by atoms with Gasteiger partial charge in [0.2, 0.25) is 17.9 Å². The molecule has 0 saturated carbocycles. The minimum absolute atomic E-state index is 0.0201. The number of alkyl carbamates (subject to hydrolysis) is 1. The highest BCUT2D eigenvalue weighted by Crippen LogP contribution is 2.10. The third-order valence-corrected chi connectivity index (χ3v) is 6.03. The number of halogens is 1. The second-order valence-corrected chi connectivity index (χ2v) is 9.10. The third-order valence-electron chi connectivity index (χ3n) is 6.03. The Hall–Kier alpha value is -5.52. The second-order valence-electron chi connectivity index (χ2n) is 9.10. The third kappa shape index (κ3) is 8.24. The maximum atomic E-state index is 14.2. The number of hydrogen-bond acceptors (Lipinski definition) is 7. The number of benzene rings is 3. The summed E-state index contributed by atoms with van der Waals surface area (Å²) in [7, 11) is 0. The predicted octanol–water partition coefficient (Wildman–Crippen LogP) is 2.57. The van der Waals surface area contributed by atoms with Gasteiger partial charge in [0.05, 0.1) is 6.20 Å². The first kappa shape index (κ1) is 29.5. The first-order valence-corrected chi connectivity index (χ1v) is 12.8. The van der Waals surface area contributed by atoms with E-state index in [0.717, 1.165) is 5.56 Å². The lowest BCUT2D eigenvalue weighted by molar-refractivity contribution is -0.152. The molecule has 11 nitrogen and oxygen atoms in total. The maximum Gasteiger partial charge on any atom is 0.408 e. The number of amides is 2. The SMILES string of the molecule is O=C(N[C@@H](Cc1ccccc1)C(=O)NC(C(=O)OCc1ccccc1)n1cc(F)c(=O)[nH]c1=O)OCc1ccccc1. The lowest BCUT2D eigenvalue weighted by atomic mass is 10.1. The lowest BCUT2D eigenvalue weighted by Gasteiger charge is -2.23. The molecule has 3 N–H and O–H groups in total. The number of nitrogens with one attached hydrogen (secondary N) is 3. The zero-order chi connectivity index (χ0) is 29.9. The fourth-order valence-electron chi connectivity index (χ4n) is 3.90. The summed E-state index contributed by atoms with van der Waals surface area (Å²) in [4.78, 5) is 65.2. The van der Waals surface area contributed by atoms with Crippen molar-refractivity contribution in [2.75, 3.05) is 0 Å². The number of hydrogen-bond donors (Lipinski definition) is 3. The Balaban J connectivity index is 1.57. The molecule has 0 aliphatic carbocycles. The summed E-state index contributed by atoms with van der Waals surface area (Å²) in [6, 6.07) is 24.9. The molecule has 0 bridgehead atoms. The van der Waals surface area contributed by atoms with Crippen LogP contribution in [-0.4, -0.2) is 33.6 Å². The largest absolute Gasteiger partial charge is 0.458 e. The summed E-state index contributed by atoms with van der Waals surface area (Å²) in [5.74, 6) is -3.39. The molecule has 1 aromatic heterocycles. The van der Waals surface area contributed by atoms with E-state index >= 15 is 0 Å². The van der Waals surface area contributed by atoms with Crippen molar-refractivity contribution in [1.82, 2.24) is 20.2 Å². The van der Waals surface area contributed by atoms with E-state index in [-0.39, 0.29) is 19.6 Å². The Morgan fingerprint density at radius 3 is 1.86 bits per heavy atom. The number of aromatic amines is 1. The van der Waals surface area contributed by atoms with Crippen molar-refractivity contribution in [3.8, 4) is 0 Å². The molecule has 0 radical (unpaired) electrons. The fraction of sp³-hybridized carbons (Fsp3) is 0.167. The van der Waals surface area contributed by atoms with Crippen molar-refractivity contribution in [2.45, 2.75) is 31.8 Å². The molecular weight excluding hydrogens is 547 g/mol. The summed E-state index contributed by atoms with van der Waals surface area (Å²) < 4.78 is 25.2. The number of rotatable bonds is 11. The Kier molecular flexibility index (Phi) is 9.97. The number of carbonyl (C=O) groups is 3. The fourth-order valence-corrected chi connectivity index (χ4v) is 3.90. The summed E-state index contributed by atoms with van der Waals surface area (Å²) in [6.45, 7) is -0.281. The van der Waals surface area contributed by atoms with Crippen LogP contribution in [0.5, 0.6) is 0 Å². The van der Waals surface area contributed by atoms with Crippen molar-refractivity contribution in [1.29, 1.82) is 0 Å². The van der Waals surface area contributed by atoms with E-state index < -0.39 is 47.2 Å². The summed E-state index contributed by atoms with van der Waals surface area (Å²) in [6.07, 6.45) is -2.33. The molecule has 2 amide bonds. The molecule has 216 valence electrons. The van der Waals surface area contributed by atoms with Gasteiger partial charge in [-0.05, 0) is 16.7 Å². The van der Waals surface area contributed by atoms with Crippen molar-refractivity contribution >= 4 is 18.0 Å². The summed E-state index contributed by atoms with van der Waals surface area (Å²) in [5, 5.41) is 4.83. The highest BCUT2D eigenvalue weighted by Gasteiger charge is 2.31. The minimum atomic E-state index is -1.89. The van der Waals surface area contributed by atoms with E-state index in [0.29, 0.717) is 21.9 Å². The van der Waals surface area contributed by atoms with E-state index in [9.17, 15) is 28.4 Å². The topological polar surface area (TPSA) is 149 Å². The first-order chi connectivity index (χ1) is 20.3. The van der Waals surface area contributed by atoms with Gasteiger partial charge in [0.15, 0.2) is 0 Å². The van der Waals surface area contributed by atoms with Gasteiger partial charge in [-0.25, -0.2) is 14.4 Å². The molecule has 12 heteroatoms. The Morgan fingerprint density at radius 1 is 0.762 bits per heavy atom. The van der Waals surface area contributed by atoms with Crippen LogP contribution in [0, 0.1) is 5.82 Å². The minimum Gasteiger partial charge on any atom is -0.458 e. The molecule has 4 aromatic rings. The van der Waals surface area contributed by atoms with Crippen LogP contribution in [0.1, 0.15) is 22.9 Å². The van der Waals surface area contributed by atoms with E-state index in [1.54, 1.807) is 89.9 Å². The molecule has 0 fully saturated rings. The lowest BCUT2D eigenvalue weighted by Crippen LogP contribution is -2.53. The van der Waals surface area contributed by atoms with Crippen molar-refractivity contribution < 1.29 is 28.2 Å². The summed E-state index contributed by atoms with van der Waals surface area (Å²) in [5.41, 5.74) is -0.475. The molecule has 42 heavy (non-hydrogen) atoms. The Morgan fingerprint density at radius 2 is 1.29 bits per heavy atom. The number of ether oxygens (including phenoxy) is 2. The normalized spacial score (nSPS) is 12.0. The molecular formula is C30H27FN4O7. The predicted molar refractivity (Wildman–Crippen MR) is 148 cm³/mol. The van der Waals surface area contributed by atoms with E-state index in [1.807, 2.05) is 6.07 Å². The van der Waals surface area contributed by atoms with Gasteiger partial charge in [0.25, 0.3) is 5.56 Å². The van der Waals surface area contributed by atoms with Crippen molar-refractivity contribution in [3.05, 3.63) is 141 Å². The number of esters is 1. The van der Waals surface area contributed by atoms with Gasteiger partial charge in [0, 0.05) is 6.42 Å². The van der Waals surface area contributed by atoms with Crippen molar-refractivity contribution in [2.24, 2.45) is 0 Å². The van der Waals surface area contributed by atoms with E-state index in [1.165, 1.54) is 0 Å². The second kappa shape index (κ2) is 14.2. The molecule has 0 aliphatic heterocycles. The molecule has 0 aliphatic rings. The van der Waals surface area contributed by atoms with Crippen LogP contribution in [-0.2, 0) is 38.7 Å². The smallest absolute Gasteiger partial charge is 0.408 e. The molecule has 0 saturated heterocycles. The zero-order valence-electron chi connectivity index (χ0n) is 22.2. The Labute approximate surface area is 238 Å². The quantitative estimate of drug-likeness (QED) is 0.233. The molecule has 0 spiro atoms. The van der Waals surface area contributed by atoms with Crippen LogP contribution in [0.2, 0.25) is 0 Å². The van der Waals surface area contributed by atoms with Crippen LogP contribution < -0.4 is 21.9 Å². The van der Waals surface area contributed by atoms with Crippen LogP contribution >= 0.6 is 0 Å². The average molecular weight is 575 g/mol. The van der Waals surface area contributed by atoms with Crippen LogP contribution in [0.15, 0.2) is 107 Å². The van der Waals surface area contributed by atoms with E-state index in [2.05, 4.69) is 10.6 Å². The average Bonchev–Trinajstić information content (AvgIpc) is 3.00. The summed E-state index contributed by atoms with van der Waals surface area (Å²) >= 11 is 0. The van der Waals surface area contributed by atoms with Crippen LogP contribution in [0.4, 0.5) is 9.18 Å². The van der Waals surface area contributed by atoms with Crippen molar-refractivity contribution in [3.63, 3.8) is 0 Å². The molecule has 1 unspecified atom stereocenters. The molecule has 3 aromatic carbocycles. The zero-order valence-corrected chi connectivity index (χ0v) is 22.2. The van der Waals surface area contributed by atoms with Gasteiger partial charge in [0.1, 0.15) is 19.3 Å². The van der Waals surface area contributed by atoms with Gasteiger partial charge in [-0.2, -0.15) is 4.39 Å². The van der Waals surface area contributed by atoms with Gasteiger partial charge >= 0.3 is 17.8 Å². The van der Waals surface area contributed by atoms with Gasteiger partial charge < -0.3 is 20.1 Å². The van der Waals surface area contributed by atoms with Crippen LogP contribution in [0.3, 0.4) is 0 Å². The molecule has 2 atom stereocenters. The van der Waals surface area contributed by atoms with Gasteiger partial charge in [-0.3, -0.25) is 19.1 Å². The molecule has 1 heterocycles. The number of H-pyrrole nitrogens is 1.